The minimum Gasteiger partial charge on any atom is -0.468 e. The Morgan fingerprint density at radius 3 is 2.55 bits per heavy atom. The first kappa shape index (κ1) is 24.6. The van der Waals surface area contributed by atoms with Gasteiger partial charge in [0.05, 0.1) is 34.5 Å². The van der Waals surface area contributed by atoms with Crippen LogP contribution >= 0.6 is 11.6 Å². The first-order chi connectivity index (χ1) is 15.8. The number of sulfonamides is 1. The lowest BCUT2D eigenvalue weighted by atomic mass is 10.2. The van der Waals surface area contributed by atoms with E-state index in [1.165, 1.54) is 28.6 Å². The maximum atomic E-state index is 13.4. The molecule has 1 atom stereocenters. The van der Waals surface area contributed by atoms with Crippen LogP contribution in [-0.2, 0) is 10.0 Å². The van der Waals surface area contributed by atoms with Crippen molar-refractivity contribution in [2.45, 2.75) is 10.9 Å². The van der Waals surface area contributed by atoms with Gasteiger partial charge in [0.15, 0.2) is 0 Å². The number of rotatable bonds is 10. The number of anilines is 1. The average molecular weight is 488 g/mol. The fourth-order valence-corrected chi connectivity index (χ4v) is 5.12. The van der Waals surface area contributed by atoms with Crippen LogP contribution in [0.4, 0.5) is 5.69 Å². The number of nitrogens with zero attached hydrogens (tertiary/aromatic N) is 2. The molecular weight excluding hydrogens is 462 g/mol. The van der Waals surface area contributed by atoms with E-state index < -0.39 is 15.9 Å². The van der Waals surface area contributed by atoms with Gasteiger partial charge in [-0.2, -0.15) is 0 Å². The Morgan fingerprint density at radius 1 is 1.15 bits per heavy atom. The maximum Gasteiger partial charge on any atom is 0.264 e. The normalized spacial score (nSPS) is 12.4. The van der Waals surface area contributed by atoms with Crippen molar-refractivity contribution in [3.8, 4) is 0 Å². The zero-order valence-electron chi connectivity index (χ0n) is 18.4. The maximum absolute atomic E-state index is 13.4. The van der Waals surface area contributed by atoms with E-state index in [-0.39, 0.29) is 23.0 Å². The second-order valence-corrected chi connectivity index (χ2v) is 9.78. The average Bonchev–Trinajstić information content (AvgIpc) is 3.32. The fraction of sp³-hybridized carbons (Fsp3) is 0.208. The lowest BCUT2D eigenvalue weighted by molar-refractivity contribution is 0.0939. The highest BCUT2D eigenvalue weighted by molar-refractivity contribution is 7.92. The summed E-state index contributed by atoms with van der Waals surface area (Å²) in [5.74, 6) is 0.329. The Bertz CT molecular complexity index is 1210. The predicted octanol–water partition coefficient (Wildman–Crippen LogP) is 4.35. The zero-order valence-corrected chi connectivity index (χ0v) is 20.0. The molecule has 1 amide bonds. The molecule has 0 aliphatic heterocycles. The molecule has 3 rings (SSSR count). The molecule has 0 aliphatic rings. The Morgan fingerprint density at radius 2 is 1.91 bits per heavy atom. The molecule has 0 radical (unpaired) electrons. The van der Waals surface area contributed by atoms with E-state index in [1.54, 1.807) is 42.7 Å². The summed E-state index contributed by atoms with van der Waals surface area (Å²) in [7, 11) is -0.232. The second kappa shape index (κ2) is 10.7. The minimum atomic E-state index is -4.00. The number of hydrogen-bond donors (Lipinski definition) is 1. The molecule has 0 saturated heterocycles. The van der Waals surface area contributed by atoms with E-state index in [1.807, 2.05) is 25.1 Å². The second-order valence-electron chi connectivity index (χ2n) is 7.51. The quantitative estimate of drug-likeness (QED) is 0.430. The lowest BCUT2D eigenvalue weighted by Crippen LogP contribution is -2.34. The molecule has 1 N–H and O–H groups in total. The Kier molecular flexibility index (Phi) is 7.97. The van der Waals surface area contributed by atoms with Crippen LogP contribution in [-0.4, -0.2) is 46.4 Å². The summed E-state index contributed by atoms with van der Waals surface area (Å²) >= 11 is 6.25. The van der Waals surface area contributed by atoms with E-state index in [0.717, 1.165) is 5.76 Å². The van der Waals surface area contributed by atoms with Crippen LogP contribution < -0.4 is 9.62 Å². The molecule has 0 saturated carbocycles. The van der Waals surface area contributed by atoms with Gasteiger partial charge in [0.2, 0.25) is 0 Å². The molecule has 0 fully saturated rings. The third-order valence-electron chi connectivity index (χ3n) is 5.05. The zero-order chi connectivity index (χ0) is 24.0. The number of benzene rings is 2. The Hall–Kier alpha value is -3.07. The van der Waals surface area contributed by atoms with Crippen LogP contribution in [0.2, 0.25) is 5.02 Å². The summed E-state index contributed by atoms with van der Waals surface area (Å²) in [4.78, 5) is 14.7. The number of likely N-dealkylation sites (N-methyl/N-ethyl adjacent to an activating group) is 1. The molecule has 0 aliphatic carbocycles. The van der Waals surface area contributed by atoms with Crippen LogP contribution in [0.25, 0.3) is 0 Å². The number of para-hydroxylation sites is 1. The van der Waals surface area contributed by atoms with Gasteiger partial charge in [0, 0.05) is 12.1 Å². The van der Waals surface area contributed by atoms with Crippen molar-refractivity contribution < 1.29 is 17.6 Å². The number of nitrogens with one attached hydrogen (secondary N) is 1. The molecule has 0 spiro atoms. The number of carbonyl (C=O) groups is 1. The number of furan rings is 1. The van der Waals surface area contributed by atoms with Gasteiger partial charge in [-0.3, -0.25) is 14.0 Å². The van der Waals surface area contributed by atoms with Crippen molar-refractivity contribution >= 4 is 33.2 Å². The van der Waals surface area contributed by atoms with Crippen molar-refractivity contribution in [2.24, 2.45) is 0 Å². The third kappa shape index (κ3) is 5.65. The van der Waals surface area contributed by atoms with Gasteiger partial charge in [-0.15, -0.1) is 6.58 Å². The van der Waals surface area contributed by atoms with Gasteiger partial charge in [-0.05, 0) is 56.6 Å². The van der Waals surface area contributed by atoms with Crippen LogP contribution in [0.15, 0.2) is 88.9 Å². The van der Waals surface area contributed by atoms with Crippen LogP contribution in [0.1, 0.15) is 22.2 Å². The van der Waals surface area contributed by atoms with Gasteiger partial charge < -0.3 is 9.73 Å². The van der Waals surface area contributed by atoms with Crippen LogP contribution in [0.5, 0.6) is 0 Å². The molecule has 174 valence electrons. The van der Waals surface area contributed by atoms with Crippen LogP contribution in [0, 0.1) is 0 Å². The summed E-state index contributed by atoms with van der Waals surface area (Å²) < 4.78 is 33.5. The SMILES string of the molecule is C=CCN(c1ccccc1Cl)S(=O)(=O)c1cccc(C(=O)NCC(c2ccco2)N(C)C)c1. The minimum absolute atomic E-state index is 0.0212. The Balaban J connectivity index is 1.85. The standard InChI is InChI=1S/C24H26ClN3O4S/c1-4-14-28(21-12-6-5-11-20(21)25)33(30,31)19-10-7-9-18(16-19)24(29)26-17-22(27(2)3)23-13-8-15-32-23/h4-13,15-16,22H,1,14,17H2,2-3H3,(H,26,29). The first-order valence-corrected chi connectivity index (χ1v) is 12.0. The molecule has 1 heterocycles. The molecule has 9 heteroatoms. The summed E-state index contributed by atoms with van der Waals surface area (Å²) in [5, 5.41) is 3.15. The van der Waals surface area contributed by atoms with E-state index >= 15 is 0 Å². The fourth-order valence-electron chi connectivity index (χ4n) is 3.33. The molecule has 0 bridgehead atoms. The highest BCUT2D eigenvalue weighted by Gasteiger charge is 2.26. The molecule has 1 aromatic heterocycles. The van der Waals surface area contributed by atoms with Crippen LogP contribution in [0.3, 0.4) is 0 Å². The van der Waals surface area contributed by atoms with Crippen molar-refractivity contribution in [1.29, 1.82) is 0 Å². The van der Waals surface area contributed by atoms with E-state index in [2.05, 4.69) is 11.9 Å². The number of carbonyl (C=O) groups excluding carboxylic acids is 1. The van der Waals surface area contributed by atoms with E-state index in [9.17, 15) is 13.2 Å². The van der Waals surface area contributed by atoms with Gasteiger partial charge in [-0.25, -0.2) is 8.42 Å². The summed E-state index contributed by atoms with van der Waals surface area (Å²) in [6.45, 7) is 3.97. The first-order valence-electron chi connectivity index (χ1n) is 10.2. The highest BCUT2D eigenvalue weighted by Crippen LogP contribution is 2.30. The van der Waals surface area contributed by atoms with Gasteiger partial charge >= 0.3 is 0 Å². The van der Waals surface area contributed by atoms with Gasteiger partial charge in [0.25, 0.3) is 15.9 Å². The Labute approximate surface area is 199 Å². The summed E-state index contributed by atoms with van der Waals surface area (Å²) in [6, 6.07) is 16.0. The van der Waals surface area contributed by atoms with Gasteiger partial charge in [0.1, 0.15) is 5.76 Å². The third-order valence-corrected chi connectivity index (χ3v) is 7.15. The van der Waals surface area contributed by atoms with Crippen molar-refractivity contribution in [3.63, 3.8) is 0 Å². The molecular formula is C24H26ClN3O4S. The number of hydrogen-bond acceptors (Lipinski definition) is 5. The van der Waals surface area contributed by atoms with Crippen molar-refractivity contribution in [2.75, 3.05) is 31.5 Å². The monoisotopic (exact) mass is 487 g/mol. The smallest absolute Gasteiger partial charge is 0.264 e. The molecule has 33 heavy (non-hydrogen) atoms. The van der Waals surface area contributed by atoms with Gasteiger partial charge in [-0.1, -0.05) is 35.9 Å². The number of amides is 1. The lowest BCUT2D eigenvalue weighted by Gasteiger charge is -2.24. The topological polar surface area (TPSA) is 82.9 Å². The van der Waals surface area contributed by atoms with Crippen molar-refractivity contribution in [1.82, 2.24) is 10.2 Å². The van der Waals surface area contributed by atoms with E-state index in [0.29, 0.717) is 17.3 Å². The molecule has 2 aromatic carbocycles. The summed E-state index contributed by atoms with van der Waals surface area (Å²) in [5.41, 5.74) is 0.562. The predicted molar refractivity (Wildman–Crippen MR) is 130 cm³/mol. The molecule has 1 unspecified atom stereocenters. The van der Waals surface area contributed by atoms with E-state index in [4.69, 9.17) is 16.0 Å². The highest BCUT2D eigenvalue weighted by atomic mass is 35.5. The largest absolute Gasteiger partial charge is 0.468 e. The van der Waals surface area contributed by atoms with Crippen molar-refractivity contribution in [3.05, 3.63) is 95.9 Å². The number of halogens is 1. The molecule has 3 aromatic rings. The summed E-state index contributed by atoms with van der Waals surface area (Å²) in [6.07, 6.45) is 3.06. The molecule has 7 nitrogen and oxygen atoms in total.